The van der Waals surface area contributed by atoms with E-state index in [1.54, 1.807) is 23.9 Å². The zero-order valence-corrected chi connectivity index (χ0v) is 18.3. The number of methoxy groups -OCH3 is 2. The minimum absolute atomic E-state index is 0.0462. The summed E-state index contributed by atoms with van der Waals surface area (Å²) in [6.07, 6.45) is 2.29. The van der Waals surface area contributed by atoms with Crippen molar-refractivity contribution in [3.8, 4) is 11.5 Å². The van der Waals surface area contributed by atoms with Gasteiger partial charge in [-0.05, 0) is 54.3 Å². The van der Waals surface area contributed by atoms with E-state index >= 15 is 0 Å². The van der Waals surface area contributed by atoms with E-state index in [9.17, 15) is 19.7 Å². The Balaban J connectivity index is 2.05. The molecular formula is C21H24N2O7S. The molecule has 0 aliphatic rings. The molecule has 0 unspecified atom stereocenters. The zero-order chi connectivity index (χ0) is 22.8. The number of esters is 1. The molecule has 0 spiro atoms. The first-order valence-corrected chi connectivity index (χ1v) is 10.7. The third kappa shape index (κ3) is 6.88. The maximum atomic E-state index is 12.7. The summed E-state index contributed by atoms with van der Waals surface area (Å²) in [5, 5.41) is 13.4. The van der Waals surface area contributed by atoms with Gasteiger partial charge in [0.25, 0.3) is 11.6 Å². The molecule has 2 rings (SSSR count). The van der Waals surface area contributed by atoms with Gasteiger partial charge in [-0.2, -0.15) is 11.8 Å². The van der Waals surface area contributed by atoms with Crippen molar-refractivity contribution < 1.29 is 28.7 Å². The van der Waals surface area contributed by atoms with Gasteiger partial charge in [0.2, 0.25) is 0 Å². The number of carbonyl (C=O) groups excluding carboxylic acids is 2. The van der Waals surface area contributed by atoms with Crippen LogP contribution in [0.3, 0.4) is 0 Å². The molecule has 1 N–H and O–H groups in total. The minimum atomic E-state index is -0.842. The molecule has 31 heavy (non-hydrogen) atoms. The molecule has 1 amide bonds. The normalized spacial score (nSPS) is 11.3. The van der Waals surface area contributed by atoms with Crippen LogP contribution in [-0.2, 0) is 16.1 Å². The molecule has 2 aromatic carbocycles. The zero-order valence-electron chi connectivity index (χ0n) is 17.5. The molecule has 0 heterocycles. The minimum Gasteiger partial charge on any atom is -0.493 e. The Morgan fingerprint density at radius 2 is 1.77 bits per heavy atom. The van der Waals surface area contributed by atoms with Crippen LogP contribution in [0.5, 0.6) is 11.5 Å². The number of nitro groups is 1. The van der Waals surface area contributed by atoms with Gasteiger partial charge in [-0.1, -0.05) is 0 Å². The number of nitrogens with one attached hydrogen (secondary N) is 1. The summed E-state index contributed by atoms with van der Waals surface area (Å²) in [6, 6.07) is 9.59. The Morgan fingerprint density at radius 3 is 2.35 bits per heavy atom. The van der Waals surface area contributed by atoms with E-state index in [1.807, 2.05) is 6.26 Å². The van der Waals surface area contributed by atoms with E-state index in [1.165, 1.54) is 44.6 Å². The van der Waals surface area contributed by atoms with E-state index in [0.717, 1.165) is 0 Å². The van der Waals surface area contributed by atoms with Gasteiger partial charge >= 0.3 is 5.97 Å². The molecule has 0 saturated carbocycles. The Labute approximate surface area is 184 Å². The van der Waals surface area contributed by atoms with E-state index in [-0.39, 0.29) is 12.3 Å². The quantitative estimate of drug-likeness (QED) is 0.316. The molecule has 0 fully saturated rings. The standard InChI is InChI=1S/C21H24N2O7S/c1-28-18-9-6-15(12-19(18)29-2)20(24)22-17(10-11-31-3)21(25)30-13-14-4-7-16(8-5-14)23(26)27/h4-9,12,17H,10-11,13H2,1-3H3,(H,22,24)/t17-/m0/s1. The fourth-order valence-electron chi connectivity index (χ4n) is 2.67. The summed E-state index contributed by atoms with van der Waals surface area (Å²) in [7, 11) is 2.97. The Bertz CT molecular complexity index is 918. The van der Waals surface area contributed by atoms with E-state index < -0.39 is 22.8 Å². The molecule has 0 aliphatic carbocycles. The number of hydrogen-bond acceptors (Lipinski definition) is 8. The molecular weight excluding hydrogens is 424 g/mol. The second-order valence-electron chi connectivity index (χ2n) is 6.41. The number of hydrogen-bond donors (Lipinski definition) is 1. The molecule has 0 bridgehead atoms. The number of rotatable bonds is 11. The van der Waals surface area contributed by atoms with Gasteiger partial charge in [0, 0.05) is 17.7 Å². The van der Waals surface area contributed by atoms with Crippen molar-refractivity contribution in [2.75, 3.05) is 26.2 Å². The van der Waals surface area contributed by atoms with E-state index in [2.05, 4.69) is 5.32 Å². The molecule has 10 heteroatoms. The molecule has 2 aromatic rings. The predicted molar refractivity (Wildman–Crippen MR) is 117 cm³/mol. The number of thioether (sulfide) groups is 1. The van der Waals surface area contributed by atoms with Crippen LogP contribution >= 0.6 is 11.8 Å². The molecule has 0 aromatic heterocycles. The monoisotopic (exact) mass is 448 g/mol. The number of benzene rings is 2. The molecule has 9 nitrogen and oxygen atoms in total. The van der Waals surface area contributed by atoms with Crippen LogP contribution in [0.4, 0.5) is 5.69 Å². The van der Waals surface area contributed by atoms with E-state index in [4.69, 9.17) is 14.2 Å². The average molecular weight is 448 g/mol. The Morgan fingerprint density at radius 1 is 1.10 bits per heavy atom. The van der Waals surface area contributed by atoms with Crippen molar-refractivity contribution in [2.24, 2.45) is 0 Å². The number of nitro benzene ring substituents is 1. The number of ether oxygens (including phenoxy) is 3. The summed E-state index contributed by atoms with van der Waals surface area (Å²) >= 11 is 1.54. The maximum absolute atomic E-state index is 12.7. The van der Waals surface area contributed by atoms with Crippen LogP contribution < -0.4 is 14.8 Å². The smallest absolute Gasteiger partial charge is 0.329 e. The third-order valence-electron chi connectivity index (χ3n) is 4.37. The average Bonchev–Trinajstić information content (AvgIpc) is 2.79. The number of amides is 1. The summed E-state index contributed by atoms with van der Waals surface area (Å²) < 4.78 is 15.7. The van der Waals surface area contributed by atoms with Crippen molar-refractivity contribution >= 4 is 29.3 Å². The lowest BCUT2D eigenvalue weighted by molar-refractivity contribution is -0.384. The highest BCUT2D eigenvalue weighted by molar-refractivity contribution is 7.98. The molecule has 0 radical (unpaired) electrons. The van der Waals surface area contributed by atoms with Crippen LogP contribution in [0.25, 0.3) is 0 Å². The van der Waals surface area contributed by atoms with Crippen LogP contribution in [-0.4, -0.2) is 49.1 Å². The van der Waals surface area contributed by atoms with Crippen molar-refractivity contribution in [1.82, 2.24) is 5.32 Å². The first-order valence-electron chi connectivity index (χ1n) is 9.31. The van der Waals surface area contributed by atoms with Crippen molar-refractivity contribution in [2.45, 2.75) is 19.1 Å². The van der Waals surface area contributed by atoms with Gasteiger partial charge in [0.1, 0.15) is 12.6 Å². The van der Waals surface area contributed by atoms with Crippen LogP contribution in [0.2, 0.25) is 0 Å². The van der Waals surface area contributed by atoms with Gasteiger partial charge in [0.05, 0.1) is 19.1 Å². The first-order chi connectivity index (χ1) is 14.9. The topological polar surface area (TPSA) is 117 Å². The van der Waals surface area contributed by atoms with Crippen LogP contribution in [0.1, 0.15) is 22.3 Å². The van der Waals surface area contributed by atoms with Crippen molar-refractivity contribution in [3.05, 3.63) is 63.7 Å². The summed E-state index contributed by atoms with van der Waals surface area (Å²) in [5.41, 5.74) is 0.874. The van der Waals surface area contributed by atoms with Crippen molar-refractivity contribution in [3.63, 3.8) is 0 Å². The number of non-ortho nitro benzene ring substituents is 1. The second-order valence-corrected chi connectivity index (χ2v) is 7.39. The number of carbonyl (C=O) groups is 2. The van der Waals surface area contributed by atoms with Gasteiger partial charge < -0.3 is 19.5 Å². The van der Waals surface area contributed by atoms with Gasteiger partial charge in [-0.3, -0.25) is 14.9 Å². The lowest BCUT2D eigenvalue weighted by Crippen LogP contribution is -2.42. The van der Waals surface area contributed by atoms with Crippen molar-refractivity contribution in [1.29, 1.82) is 0 Å². The first kappa shape index (κ1) is 24.0. The predicted octanol–water partition coefficient (Wildman–Crippen LogP) is 3.21. The molecule has 0 aliphatic heterocycles. The molecule has 0 saturated heterocycles. The summed E-state index contributed by atoms with van der Waals surface area (Å²) in [4.78, 5) is 35.5. The SMILES string of the molecule is COc1ccc(C(=O)N[C@@H](CCSC)C(=O)OCc2ccc([N+](=O)[O-])cc2)cc1OC. The van der Waals surface area contributed by atoms with Gasteiger partial charge in [-0.15, -0.1) is 0 Å². The highest BCUT2D eigenvalue weighted by Gasteiger charge is 2.23. The van der Waals surface area contributed by atoms with Crippen LogP contribution in [0.15, 0.2) is 42.5 Å². The summed E-state index contributed by atoms with van der Waals surface area (Å²) in [5.74, 6) is 0.501. The lowest BCUT2D eigenvalue weighted by atomic mass is 10.1. The Kier molecular flexibility index (Phi) is 9.13. The van der Waals surface area contributed by atoms with Gasteiger partial charge in [-0.25, -0.2) is 4.79 Å². The highest BCUT2D eigenvalue weighted by Crippen LogP contribution is 2.27. The maximum Gasteiger partial charge on any atom is 0.329 e. The molecule has 1 atom stereocenters. The summed E-state index contributed by atoms with van der Waals surface area (Å²) in [6.45, 7) is -0.0567. The van der Waals surface area contributed by atoms with E-state index in [0.29, 0.717) is 34.8 Å². The highest BCUT2D eigenvalue weighted by atomic mass is 32.2. The fraction of sp³-hybridized carbons (Fsp3) is 0.333. The Hall–Kier alpha value is -3.27. The lowest BCUT2D eigenvalue weighted by Gasteiger charge is -2.18. The largest absolute Gasteiger partial charge is 0.493 e. The number of nitrogens with zero attached hydrogens (tertiary/aromatic N) is 1. The second kappa shape index (κ2) is 11.8. The fourth-order valence-corrected chi connectivity index (χ4v) is 3.14. The third-order valence-corrected chi connectivity index (χ3v) is 5.02. The van der Waals surface area contributed by atoms with Gasteiger partial charge in [0.15, 0.2) is 11.5 Å². The van der Waals surface area contributed by atoms with Crippen LogP contribution in [0, 0.1) is 10.1 Å². The molecule has 166 valence electrons.